The number of nitrogens with two attached hydrogens (primary N) is 1. The van der Waals surface area contributed by atoms with Crippen molar-refractivity contribution in [2.45, 2.75) is 6.92 Å². The van der Waals surface area contributed by atoms with E-state index in [0.29, 0.717) is 11.4 Å². The molecule has 3 N–H and O–H groups in total. The fraction of sp³-hybridized carbons (Fsp3) is 0.0370. The smallest absolute Gasteiger partial charge is 0.154 e. The Balaban J connectivity index is 2.35. The maximum Gasteiger partial charge on any atom is 0.154 e. The van der Waals surface area contributed by atoms with Gasteiger partial charge in [-0.05, 0) is 41.3 Å². The van der Waals surface area contributed by atoms with E-state index in [0.717, 1.165) is 27.8 Å². The fourth-order valence-corrected chi connectivity index (χ4v) is 2.89. The molecule has 0 aliphatic carbocycles. The van der Waals surface area contributed by atoms with Crippen LogP contribution in [0.5, 0.6) is 0 Å². The standard InChI is InChI=1S/C27H27N3/c1-5-9-13-21(8-4)23-15-11-17-25(19-23)27(29)30-26(28)24-16-10-14-22(18-24)20(7-3)12-6-2/h5-19H,1-3H2,4H3,(H3,28,29,30)/b13-9-,20-12+,21-8+. The Labute approximate surface area is 179 Å². The van der Waals surface area contributed by atoms with Gasteiger partial charge in [0.2, 0.25) is 0 Å². The van der Waals surface area contributed by atoms with E-state index in [-0.39, 0.29) is 5.84 Å². The molecule has 0 heterocycles. The molecule has 0 unspecified atom stereocenters. The lowest BCUT2D eigenvalue weighted by Crippen LogP contribution is -2.16. The second kappa shape index (κ2) is 11.1. The molecule has 0 bridgehead atoms. The van der Waals surface area contributed by atoms with Crippen LogP contribution in [0.15, 0.2) is 116 Å². The van der Waals surface area contributed by atoms with E-state index in [1.54, 1.807) is 18.2 Å². The largest absolute Gasteiger partial charge is 0.383 e. The van der Waals surface area contributed by atoms with Gasteiger partial charge >= 0.3 is 0 Å². The van der Waals surface area contributed by atoms with Gasteiger partial charge in [0.15, 0.2) is 5.84 Å². The van der Waals surface area contributed by atoms with Crippen LogP contribution in [0.25, 0.3) is 11.1 Å². The summed E-state index contributed by atoms with van der Waals surface area (Å²) in [5, 5.41) is 8.40. The summed E-state index contributed by atoms with van der Waals surface area (Å²) in [6, 6.07) is 15.4. The molecule has 0 aliphatic rings. The Morgan fingerprint density at radius 2 is 1.50 bits per heavy atom. The Morgan fingerprint density at radius 3 is 2.10 bits per heavy atom. The van der Waals surface area contributed by atoms with E-state index >= 15 is 0 Å². The predicted octanol–water partition coefficient (Wildman–Crippen LogP) is 6.32. The zero-order valence-corrected chi connectivity index (χ0v) is 17.3. The van der Waals surface area contributed by atoms with Gasteiger partial charge in [-0.1, -0.05) is 98.7 Å². The number of benzene rings is 2. The number of nitrogens with one attached hydrogen (secondary N) is 1. The Morgan fingerprint density at radius 1 is 0.900 bits per heavy atom. The van der Waals surface area contributed by atoms with Gasteiger partial charge in [0.05, 0.1) is 0 Å². The molecule has 2 rings (SSSR count). The van der Waals surface area contributed by atoms with Gasteiger partial charge in [0.25, 0.3) is 0 Å². The molecule has 0 radical (unpaired) electrons. The molecular weight excluding hydrogens is 366 g/mol. The summed E-state index contributed by atoms with van der Waals surface area (Å²) in [5.74, 6) is 0.389. The molecule has 0 fully saturated rings. The summed E-state index contributed by atoms with van der Waals surface area (Å²) < 4.78 is 0. The molecule has 2 aromatic rings. The molecule has 3 heteroatoms. The van der Waals surface area contributed by atoms with Crippen molar-refractivity contribution in [2.24, 2.45) is 10.7 Å². The highest BCUT2D eigenvalue weighted by molar-refractivity contribution is 6.10. The maximum atomic E-state index is 8.40. The van der Waals surface area contributed by atoms with Crippen molar-refractivity contribution in [1.82, 2.24) is 0 Å². The first-order chi connectivity index (χ1) is 14.5. The lowest BCUT2D eigenvalue weighted by molar-refractivity contribution is 1.39. The molecule has 0 amide bonds. The second-order valence-corrected chi connectivity index (χ2v) is 6.41. The number of hydrogen-bond acceptors (Lipinski definition) is 1. The van der Waals surface area contributed by atoms with Gasteiger partial charge in [0.1, 0.15) is 5.84 Å². The maximum absolute atomic E-state index is 8.40. The fourth-order valence-electron chi connectivity index (χ4n) is 2.89. The summed E-state index contributed by atoms with van der Waals surface area (Å²) in [7, 11) is 0. The first-order valence-corrected chi connectivity index (χ1v) is 9.59. The number of allylic oxidation sites excluding steroid dienone is 9. The van der Waals surface area contributed by atoms with Crippen molar-refractivity contribution < 1.29 is 0 Å². The zero-order chi connectivity index (χ0) is 21.9. The summed E-state index contributed by atoms with van der Waals surface area (Å²) in [6.45, 7) is 13.3. The van der Waals surface area contributed by atoms with Crippen molar-refractivity contribution >= 4 is 22.8 Å². The van der Waals surface area contributed by atoms with E-state index in [1.807, 2.05) is 79.8 Å². The molecule has 0 saturated heterocycles. The summed E-state index contributed by atoms with van der Waals surface area (Å²) in [5.41, 5.74) is 11.6. The third kappa shape index (κ3) is 5.76. The van der Waals surface area contributed by atoms with Crippen molar-refractivity contribution in [1.29, 1.82) is 5.41 Å². The van der Waals surface area contributed by atoms with Gasteiger partial charge in [-0.25, -0.2) is 4.99 Å². The minimum atomic E-state index is 0.0968. The lowest BCUT2D eigenvalue weighted by Gasteiger charge is -2.08. The van der Waals surface area contributed by atoms with Gasteiger partial charge in [0, 0.05) is 11.1 Å². The number of nitrogens with zero attached hydrogens (tertiary/aromatic N) is 1. The minimum absolute atomic E-state index is 0.0968. The van der Waals surface area contributed by atoms with E-state index in [4.69, 9.17) is 11.1 Å². The molecule has 0 saturated carbocycles. The molecule has 0 aliphatic heterocycles. The minimum Gasteiger partial charge on any atom is -0.383 e. The quantitative estimate of drug-likeness (QED) is 0.308. The second-order valence-electron chi connectivity index (χ2n) is 6.41. The molecule has 150 valence electrons. The topological polar surface area (TPSA) is 62.2 Å². The molecular formula is C27H27N3. The van der Waals surface area contributed by atoms with Gasteiger partial charge in [-0.15, -0.1) is 0 Å². The van der Waals surface area contributed by atoms with Crippen LogP contribution in [0.2, 0.25) is 0 Å². The van der Waals surface area contributed by atoms with E-state index in [2.05, 4.69) is 24.7 Å². The molecule has 0 spiro atoms. The summed E-state index contributed by atoms with van der Waals surface area (Å²) in [4.78, 5) is 4.34. The van der Waals surface area contributed by atoms with Crippen molar-refractivity contribution in [3.63, 3.8) is 0 Å². The van der Waals surface area contributed by atoms with Gasteiger partial charge < -0.3 is 5.73 Å². The van der Waals surface area contributed by atoms with Crippen LogP contribution in [0, 0.1) is 5.41 Å². The van der Waals surface area contributed by atoms with Gasteiger partial charge in [-0.2, -0.15) is 0 Å². The number of amidine groups is 2. The Kier molecular flexibility index (Phi) is 8.27. The van der Waals surface area contributed by atoms with E-state index < -0.39 is 0 Å². The molecule has 0 atom stereocenters. The molecule has 0 aromatic heterocycles. The predicted molar refractivity (Wildman–Crippen MR) is 132 cm³/mol. The van der Waals surface area contributed by atoms with E-state index in [1.165, 1.54) is 0 Å². The Bertz CT molecular complexity index is 1080. The van der Waals surface area contributed by atoms with E-state index in [9.17, 15) is 0 Å². The highest BCUT2D eigenvalue weighted by Crippen LogP contribution is 2.19. The third-order valence-corrected chi connectivity index (χ3v) is 4.43. The lowest BCUT2D eigenvalue weighted by atomic mass is 10.0. The third-order valence-electron chi connectivity index (χ3n) is 4.43. The summed E-state index contributed by atoms with van der Waals surface area (Å²) >= 11 is 0. The number of hydrogen-bond donors (Lipinski definition) is 2. The zero-order valence-electron chi connectivity index (χ0n) is 17.3. The number of aliphatic imine (C=N–C) groups is 1. The van der Waals surface area contributed by atoms with Crippen LogP contribution in [0.4, 0.5) is 0 Å². The SMILES string of the molecule is C=C/C=C\C(=C/C)c1cccc(C(N)=NC(=N)c2cccc(/C(C=C)=C/C=C)c2)c1. The van der Waals surface area contributed by atoms with Crippen molar-refractivity contribution in [2.75, 3.05) is 0 Å². The van der Waals surface area contributed by atoms with Crippen molar-refractivity contribution in [3.8, 4) is 0 Å². The molecule has 2 aromatic carbocycles. The first kappa shape index (κ1) is 22.3. The Hall–Kier alpha value is -3.98. The van der Waals surface area contributed by atoms with Crippen LogP contribution in [0.3, 0.4) is 0 Å². The number of rotatable bonds is 8. The monoisotopic (exact) mass is 393 g/mol. The highest BCUT2D eigenvalue weighted by atomic mass is 14.9. The van der Waals surface area contributed by atoms with Crippen LogP contribution in [-0.2, 0) is 0 Å². The highest BCUT2D eigenvalue weighted by Gasteiger charge is 2.07. The van der Waals surface area contributed by atoms with Crippen molar-refractivity contribution in [3.05, 3.63) is 133 Å². The molecule has 30 heavy (non-hydrogen) atoms. The first-order valence-electron chi connectivity index (χ1n) is 9.59. The van der Waals surface area contributed by atoms with Crippen LogP contribution in [-0.4, -0.2) is 11.7 Å². The van der Waals surface area contributed by atoms with Crippen LogP contribution >= 0.6 is 0 Å². The normalized spacial score (nSPS) is 12.6. The average Bonchev–Trinajstić information content (AvgIpc) is 2.78. The molecule has 3 nitrogen and oxygen atoms in total. The van der Waals surface area contributed by atoms with Crippen LogP contribution in [0.1, 0.15) is 29.2 Å². The van der Waals surface area contributed by atoms with Crippen LogP contribution < -0.4 is 5.73 Å². The summed E-state index contributed by atoms with van der Waals surface area (Å²) in [6.07, 6.45) is 13.0. The van der Waals surface area contributed by atoms with Gasteiger partial charge in [-0.3, -0.25) is 5.41 Å². The average molecular weight is 394 g/mol.